The molecule has 3 aromatic rings. The summed E-state index contributed by atoms with van der Waals surface area (Å²) in [5, 5.41) is 25.1. The van der Waals surface area contributed by atoms with Crippen molar-refractivity contribution >= 4 is 10.9 Å². The molecule has 2 heterocycles. The second-order valence-corrected chi connectivity index (χ2v) is 7.91. The first kappa shape index (κ1) is 18.9. The third-order valence-corrected chi connectivity index (χ3v) is 5.70. The van der Waals surface area contributed by atoms with Crippen LogP contribution in [0.4, 0.5) is 0 Å². The van der Waals surface area contributed by atoms with Crippen molar-refractivity contribution in [2.24, 2.45) is 12.5 Å². The maximum Gasteiger partial charge on any atom is 0.137 e. The normalized spacial score (nSPS) is 24.7. The van der Waals surface area contributed by atoms with Gasteiger partial charge in [0.25, 0.3) is 0 Å². The zero-order valence-electron chi connectivity index (χ0n) is 16.1. The Balaban J connectivity index is 1.44. The van der Waals surface area contributed by atoms with E-state index in [1.54, 1.807) is 12.4 Å². The van der Waals surface area contributed by atoms with Crippen LogP contribution < -0.4 is 10.1 Å². The van der Waals surface area contributed by atoms with Gasteiger partial charge in [-0.3, -0.25) is 4.98 Å². The highest BCUT2D eigenvalue weighted by Crippen LogP contribution is 2.38. The SMILES string of the molecule is Cn1cc(CNCC2(COc3cccnc3)C[C@@H](O)[C@@H](O)C2)c2ccccc21. The van der Waals surface area contributed by atoms with Crippen LogP contribution in [0.5, 0.6) is 5.75 Å². The Labute approximate surface area is 164 Å². The molecule has 6 nitrogen and oxygen atoms in total. The molecule has 0 saturated heterocycles. The first-order chi connectivity index (χ1) is 13.6. The van der Waals surface area contributed by atoms with Crippen LogP contribution in [0.2, 0.25) is 0 Å². The van der Waals surface area contributed by atoms with Gasteiger partial charge in [0, 0.05) is 48.8 Å². The van der Waals surface area contributed by atoms with Crippen LogP contribution in [-0.2, 0) is 13.6 Å². The van der Waals surface area contributed by atoms with Crippen LogP contribution in [0.25, 0.3) is 10.9 Å². The average molecular weight is 381 g/mol. The molecule has 1 aromatic carbocycles. The van der Waals surface area contributed by atoms with Crippen molar-refractivity contribution in [2.75, 3.05) is 13.2 Å². The largest absolute Gasteiger partial charge is 0.491 e. The molecule has 3 atom stereocenters. The third kappa shape index (κ3) is 3.90. The number of hydrogen-bond donors (Lipinski definition) is 3. The molecule has 6 heteroatoms. The van der Waals surface area contributed by atoms with E-state index < -0.39 is 12.2 Å². The van der Waals surface area contributed by atoms with E-state index in [4.69, 9.17) is 4.74 Å². The number of nitrogens with zero attached hydrogens (tertiary/aromatic N) is 2. The summed E-state index contributed by atoms with van der Waals surface area (Å²) in [6.45, 7) is 1.81. The van der Waals surface area contributed by atoms with Crippen molar-refractivity contribution < 1.29 is 14.9 Å². The maximum atomic E-state index is 10.1. The lowest BCUT2D eigenvalue weighted by molar-refractivity contribution is 0.0438. The Morgan fingerprint density at radius 1 is 1.18 bits per heavy atom. The number of para-hydroxylation sites is 1. The van der Waals surface area contributed by atoms with Gasteiger partial charge in [-0.1, -0.05) is 18.2 Å². The Bertz CT molecular complexity index is 915. The first-order valence-electron chi connectivity index (χ1n) is 9.69. The number of hydrogen-bond acceptors (Lipinski definition) is 5. The number of rotatable bonds is 7. The lowest BCUT2D eigenvalue weighted by Crippen LogP contribution is -2.37. The number of aromatic nitrogens is 2. The molecule has 0 aliphatic heterocycles. The molecule has 2 aromatic heterocycles. The highest BCUT2D eigenvalue weighted by molar-refractivity contribution is 5.83. The molecule has 1 unspecified atom stereocenters. The Kier molecular flexibility index (Phi) is 5.35. The van der Waals surface area contributed by atoms with Gasteiger partial charge in [-0.15, -0.1) is 0 Å². The van der Waals surface area contributed by atoms with Gasteiger partial charge in [0.15, 0.2) is 0 Å². The fourth-order valence-corrected chi connectivity index (χ4v) is 4.25. The maximum absolute atomic E-state index is 10.1. The Morgan fingerprint density at radius 3 is 2.71 bits per heavy atom. The van der Waals surface area contributed by atoms with Crippen LogP contribution in [0.1, 0.15) is 18.4 Å². The highest BCUT2D eigenvalue weighted by atomic mass is 16.5. The molecule has 0 amide bonds. The van der Waals surface area contributed by atoms with Crippen molar-refractivity contribution in [1.29, 1.82) is 0 Å². The summed E-state index contributed by atoms with van der Waals surface area (Å²) in [4.78, 5) is 4.07. The van der Waals surface area contributed by atoms with Crippen LogP contribution in [0.15, 0.2) is 55.0 Å². The van der Waals surface area contributed by atoms with Crippen molar-refractivity contribution in [3.05, 3.63) is 60.6 Å². The summed E-state index contributed by atoms with van der Waals surface area (Å²) >= 11 is 0. The standard InChI is InChI=1S/C22H27N3O3/c1-25-13-16(18-6-2-3-7-19(18)25)11-24-14-22(9-20(26)21(27)10-22)15-28-17-5-4-8-23-12-17/h2-8,12-13,20-21,24,26-27H,9-11,14-15H2,1H3/t20-,21+,22?. The molecule has 0 radical (unpaired) electrons. The molecule has 1 fully saturated rings. The van der Waals surface area contributed by atoms with E-state index in [1.807, 2.05) is 18.2 Å². The van der Waals surface area contributed by atoms with Gasteiger partial charge in [-0.2, -0.15) is 0 Å². The Hall–Kier alpha value is -2.41. The van der Waals surface area contributed by atoms with Gasteiger partial charge in [-0.05, 0) is 36.6 Å². The molecule has 1 saturated carbocycles. The van der Waals surface area contributed by atoms with Crippen molar-refractivity contribution in [1.82, 2.24) is 14.9 Å². The summed E-state index contributed by atoms with van der Waals surface area (Å²) in [7, 11) is 2.05. The number of fused-ring (bicyclic) bond motifs is 1. The number of ether oxygens (including phenoxy) is 1. The fourth-order valence-electron chi connectivity index (χ4n) is 4.25. The number of nitrogens with one attached hydrogen (secondary N) is 1. The van der Waals surface area contributed by atoms with Crippen LogP contribution in [0.3, 0.4) is 0 Å². The van der Waals surface area contributed by atoms with E-state index in [1.165, 1.54) is 16.5 Å². The summed E-state index contributed by atoms with van der Waals surface area (Å²) in [5.74, 6) is 0.701. The predicted octanol–water partition coefficient (Wildman–Crippen LogP) is 2.24. The molecular formula is C22H27N3O3. The number of pyridine rings is 1. The molecule has 0 bridgehead atoms. The molecule has 0 spiro atoms. The van der Waals surface area contributed by atoms with Gasteiger partial charge in [0.05, 0.1) is 25.0 Å². The van der Waals surface area contributed by atoms with Crippen LogP contribution in [0, 0.1) is 5.41 Å². The van der Waals surface area contributed by atoms with Crippen LogP contribution >= 0.6 is 0 Å². The van der Waals surface area contributed by atoms with E-state index in [0.717, 1.165) is 6.54 Å². The molecule has 1 aliphatic carbocycles. The fraction of sp³-hybridized carbons (Fsp3) is 0.409. The monoisotopic (exact) mass is 381 g/mol. The number of benzene rings is 1. The smallest absolute Gasteiger partial charge is 0.137 e. The zero-order valence-corrected chi connectivity index (χ0v) is 16.1. The van der Waals surface area contributed by atoms with Crippen molar-refractivity contribution in [3.63, 3.8) is 0 Å². The molecular weight excluding hydrogens is 354 g/mol. The summed E-state index contributed by atoms with van der Waals surface area (Å²) in [5.41, 5.74) is 2.13. The third-order valence-electron chi connectivity index (χ3n) is 5.70. The topological polar surface area (TPSA) is 79.5 Å². The lowest BCUT2D eigenvalue weighted by atomic mass is 9.86. The summed E-state index contributed by atoms with van der Waals surface area (Å²) in [6.07, 6.45) is 5.13. The van der Waals surface area contributed by atoms with E-state index >= 15 is 0 Å². The summed E-state index contributed by atoms with van der Waals surface area (Å²) < 4.78 is 8.07. The quantitative estimate of drug-likeness (QED) is 0.585. The first-order valence-corrected chi connectivity index (χ1v) is 9.69. The van der Waals surface area contributed by atoms with E-state index in [0.29, 0.717) is 31.7 Å². The van der Waals surface area contributed by atoms with E-state index in [-0.39, 0.29) is 5.41 Å². The second kappa shape index (κ2) is 7.91. The zero-order chi connectivity index (χ0) is 19.6. The predicted molar refractivity (Wildman–Crippen MR) is 108 cm³/mol. The molecule has 4 rings (SSSR count). The summed E-state index contributed by atoms with van der Waals surface area (Å²) in [6, 6.07) is 12.1. The number of aliphatic hydroxyl groups excluding tert-OH is 2. The van der Waals surface area contributed by atoms with Gasteiger partial charge in [0.1, 0.15) is 5.75 Å². The molecule has 28 heavy (non-hydrogen) atoms. The van der Waals surface area contributed by atoms with Crippen molar-refractivity contribution in [3.8, 4) is 5.75 Å². The number of aryl methyl sites for hydroxylation is 1. The van der Waals surface area contributed by atoms with E-state index in [2.05, 4.69) is 46.3 Å². The van der Waals surface area contributed by atoms with Gasteiger partial charge in [0.2, 0.25) is 0 Å². The molecule has 1 aliphatic rings. The number of aliphatic hydroxyl groups is 2. The van der Waals surface area contributed by atoms with Crippen molar-refractivity contribution in [2.45, 2.75) is 31.6 Å². The second-order valence-electron chi connectivity index (χ2n) is 7.91. The minimum absolute atomic E-state index is 0.320. The van der Waals surface area contributed by atoms with Gasteiger partial charge < -0.3 is 24.8 Å². The minimum Gasteiger partial charge on any atom is -0.491 e. The van der Waals surface area contributed by atoms with Gasteiger partial charge >= 0.3 is 0 Å². The van der Waals surface area contributed by atoms with Gasteiger partial charge in [-0.25, -0.2) is 0 Å². The van der Waals surface area contributed by atoms with Crippen LogP contribution in [-0.4, -0.2) is 45.1 Å². The van der Waals surface area contributed by atoms with E-state index in [9.17, 15) is 10.2 Å². The average Bonchev–Trinajstić information content (AvgIpc) is 3.18. The highest BCUT2D eigenvalue weighted by Gasteiger charge is 2.44. The Morgan fingerprint density at radius 2 is 1.96 bits per heavy atom. The molecule has 148 valence electrons. The lowest BCUT2D eigenvalue weighted by Gasteiger charge is -2.29. The molecule has 3 N–H and O–H groups in total. The minimum atomic E-state index is -0.711.